The molecule has 0 amide bonds. The first kappa shape index (κ1) is 16.9. The Morgan fingerprint density at radius 1 is 1.35 bits per heavy atom. The summed E-state index contributed by atoms with van der Waals surface area (Å²) < 4.78 is 31.8. The van der Waals surface area contributed by atoms with Crippen LogP contribution in [0.4, 0.5) is 5.69 Å². The second-order valence-electron chi connectivity index (χ2n) is 4.84. The van der Waals surface area contributed by atoms with Crippen LogP contribution in [0, 0.1) is 20.8 Å². The van der Waals surface area contributed by atoms with E-state index in [1.807, 2.05) is 6.92 Å². The molecule has 4 N–H and O–H groups in total. The van der Waals surface area contributed by atoms with E-state index >= 15 is 0 Å². The second-order valence-corrected chi connectivity index (χ2v) is 6.54. The zero-order chi connectivity index (χ0) is 15.5. The molecule has 0 aliphatic rings. The van der Waals surface area contributed by atoms with Crippen molar-refractivity contribution in [2.24, 2.45) is 0 Å². The number of aliphatic hydroxyl groups excluding tert-OH is 1. The van der Waals surface area contributed by atoms with Gasteiger partial charge in [0.05, 0.1) is 17.6 Å². The molecule has 1 atom stereocenters. The molecule has 0 fully saturated rings. The third kappa shape index (κ3) is 3.69. The molecule has 20 heavy (non-hydrogen) atoms. The Morgan fingerprint density at radius 3 is 2.50 bits per heavy atom. The van der Waals surface area contributed by atoms with Crippen molar-refractivity contribution in [2.75, 3.05) is 26.0 Å². The van der Waals surface area contributed by atoms with Gasteiger partial charge in [-0.3, -0.25) is 0 Å². The van der Waals surface area contributed by atoms with Crippen LogP contribution in [0.5, 0.6) is 0 Å². The summed E-state index contributed by atoms with van der Waals surface area (Å²) in [7, 11) is -2.28. The maximum atomic E-state index is 12.3. The summed E-state index contributed by atoms with van der Waals surface area (Å²) in [5.74, 6) is 0. The lowest BCUT2D eigenvalue weighted by molar-refractivity contribution is 0.0679. The summed E-state index contributed by atoms with van der Waals surface area (Å²) in [6, 6.07) is 1.74. The first-order valence-electron chi connectivity index (χ1n) is 6.23. The Balaban J connectivity index is 3.08. The summed E-state index contributed by atoms with van der Waals surface area (Å²) in [6.45, 7) is 5.19. The van der Waals surface area contributed by atoms with Gasteiger partial charge >= 0.3 is 0 Å². The quantitative estimate of drug-likeness (QED) is 0.663. The van der Waals surface area contributed by atoms with Crippen LogP contribution in [-0.4, -0.2) is 39.9 Å². The fourth-order valence-electron chi connectivity index (χ4n) is 2.12. The number of nitrogens with one attached hydrogen (secondary N) is 1. The minimum absolute atomic E-state index is 0.0660. The highest BCUT2D eigenvalue weighted by atomic mass is 32.2. The Bertz CT molecular complexity index is 585. The molecular weight excluding hydrogens is 280 g/mol. The summed E-state index contributed by atoms with van der Waals surface area (Å²) in [6.07, 6.45) is -0.891. The monoisotopic (exact) mass is 302 g/mol. The normalized spacial score (nSPS) is 13.4. The van der Waals surface area contributed by atoms with Gasteiger partial charge in [-0.15, -0.1) is 0 Å². The van der Waals surface area contributed by atoms with Crippen LogP contribution in [0.15, 0.2) is 11.0 Å². The SMILES string of the molecule is COCC(O)CNS(=O)(=O)c1c(C)cc(C)c(N)c1C. The number of rotatable bonds is 6. The molecule has 0 aromatic heterocycles. The lowest BCUT2D eigenvalue weighted by atomic mass is 10.1. The van der Waals surface area contributed by atoms with E-state index in [-0.39, 0.29) is 18.0 Å². The largest absolute Gasteiger partial charge is 0.398 e. The highest BCUT2D eigenvalue weighted by Crippen LogP contribution is 2.27. The summed E-state index contributed by atoms with van der Waals surface area (Å²) in [5.41, 5.74) is 8.35. The maximum absolute atomic E-state index is 12.3. The second kappa shape index (κ2) is 6.53. The molecular formula is C13H22N2O4S. The fraction of sp³-hybridized carbons (Fsp3) is 0.538. The number of aliphatic hydroxyl groups is 1. The number of hydrogen-bond donors (Lipinski definition) is 3. The average molecular weight is 302 g/mol. The summed E-state index contributed by atoms with van der Waals surface area (Å²) in [5, 5.41) is 9.52. The van der Waals surface area contributed by atoms with E-state index in [4.69, 9.17) is 10.5 Å². The van der Waals surface area contributed by atoms with Crippen molar-refractivity contribution in [1.29, 1.82) is 0 Å². The van der Waals surface area contributed by atoms with E-state index in [0.717, 1.165) is 5.56 Å². The highest BCUT2D eigenvalue weighted by molar-refractivity contribution is 7.89. The molecule has 0 aliphatic heterocycles. The van der Waals surface area contributed by atoms with Crippen molar-refractivity contribution < 1.29 is 18.3 Å². The minimum atomic E-state index is -3.72. The van der Waals surface area contributed by atoms with Gasteiger partial charge in [-0.1, -0.05) is 6.07 Å². The van der Waals surface area contributed by atoms with Crippen molar-refractivity contribution in [3.8, 4) is 0 Å². The highest BCUT2D eigenvalue weighted by Gasteiger charge is 2.22. The van der Waals surface area contributed by atoms with Crippen LogP contribution in [0.1, 0.15) is 16.7 Å². The van der Waals surface area contributed by atoms with Gasteiger partial charge in [0.1, 0.15) is 0 Å². The van der Waals surface area contributed by atoms with Gasteiger partial charge in [0.2, 0.25) is 10.0 Å². The molecule has 0 bridgehead atoms. The molecule has 1 aromatic carbocycles. The van der Waals surface area contributed by atoms with Crippen molar-refractivity contribution in [3.05, 3.63) is 22.8 Å². The van der Waals surface area contributed by atoms with Gasteiger partial charge in [0, 0.05) is 19.3 Å². The van der Waals surface area contributed by atoms with Crippen LogP contribution in [0.3, 0.4) is 0 Å². The molecule has 0 aliphatic carbocycles. The van der Waals surface area contributed by atoms with Crippen LogP contribution in [-0.2, 0) is 14.8 Å². The molecule has 0 heterocycles. The van der Waals surface area contributed by atoms with Crippen molar-refractivity contribution in [1.82, 2.24) is 4.72 Å². The smallest absolute Gasteiger partial charge is 0.241 e. The fourth-order valence-corrected chi connectivity index (χ4v) is 3.68. The Morgan fingerprint density at radius 2 is 1.95 bits per heavy atom. The van der Waals surface area contributed by atoms with Crippen LogP contribution in [0.25, 0.3) is 0 Å². The molecule has 0 saturated heterocycles. The van der Waals surface area contributed by atoms with Gasteiger partial charge in [-0.05, 0) is 37.5 Å². The maximum Gasteiger partial charge on any atom is 0.241 e. The lowest BCUT2D eigenvalue weighted by Gasteiger charge is -2.17. The Hall–Kier alpha value is -1.15. The number of sulfonamides is 1. The lowest BCUT2D eigenvalue weighted by Crippen LogP contribution is -2.35. The van der Waals surface area contributed by atoms with Gasteiger partial charge in [-0.2, -0.15) is 0 Å². The molecule has 0 saturated carbocycles. The van der Waals surface area contributed by atoms with E-state index in [2.05, 4.69) is 4.72 Å². The number of nitrogens with two attached hydrogens (primary N) is 1. The van der Waals surface area contributed by atoms with E-state index in [9.17, 15) is 13.5 Å². The number of hydrogen-bond acceptors (Lipinski definition) is 5. The predicted octanol–water partition coefficient (Wildman–Crippen LogP) is 0.480. The number of benzene rings is 1. The van der Waals surface area contributed by atoms with Gasteiger partial charge in [0.15, 0.2) is 0 Å². The van der Waals surface area contributed by atoms with Crippen molar-refractivity contribution in [2.45, 2.75) is 31.8 Å². The third-order valence-electron chi connectivity index (χ3n) is 3.10. The van der Waals surface area contributed by atoms with Crippen molar-refractivity contribution >= 4 is 15.7 Å². The Labute approximate surface area is 120 Å². The molecule has 1 unspecified atom stereocenters. The van der Waals surface area contributed by atoms with E-state index < -0.39 is 16.1 Å². The van der Waals surface area contributed by atoms with E-state index in [1.54, 1.807) is 19.9 Å². The summed E-state index contributed by atoms with van der Waals surface area (Å²) >= 11 is 0. The molecule has 0 spiro atoms. The molecule has 1 rings (SSSR count). The number of aryl methyl sites for hydroxylation is 2. The number of ether oxygens (including phenoxy) is 1. The molecule has 114 valence electrons. The van der Waals surface area contributed by atoms with Crippen molar-refractivity contribution in [3.63, 3.8) is 0 Å². The van der Waals surface area contributed by atoms with Crippen LogP contribution >= 0.6 is 0 Å². The zero-order valence-corrected chi connectivity index (χ0v) is 13.0. The number of nitrogen functional groups attached to an aromatic ring is 1. The van der Waals surface area contributed by atoms with E-state index in [0.29, 0.717) is 16.8 Å². The molecule has 7 heteroatoms. The van der Waals surface area contributed by atoms with Gasteiger partial charge < -0.3 is 15.6 Å². The molecule has 6 nitrogen and oxygen atoms in total. The minimum Gasteiger partial charge on any atom is -0.398 e. The Kier molecular flexibility index (Phi) is 5.52. The van der Waals surface area contributed by atoms with Gasteiger partial charge in [-0.25, -0.2) is 13.1 Å². The van der Waals surface area contributed by atoms with Crippen LogP contribution in [0.2, 0.25) is 0 Å². The van der Waals surface area contributed by atoms with E-state index in [1.165, 1.54) is 7.11 Å². The summed E-state index contributed by atoms with van der Waals surface area (Å²) in [4.78, 5) is 0.171. The molecule has 1 aromatic rings. The number of anilines is 1. The first-order valence-corrected chi connectivity index (χ1v) is 7.72. The zero-order valence-electron chi connectivity index (χ0n) is 12.2. The third-order valence-corrected chi connectivity index (χ3v) is 4.81. The average Bonchev–Trinajstić information content (AvgIpc) is 2.34. The van der Waals surface area contributed by atoms with Crippen LogP contribution < -0.4 is 10.5 Å². The standard InChI is InChI=1S/C13H22N2O4S/c1-8-5-9(2)13(10(3)12(8)14)20(17,18)15-6-11(16)7-19-4/h5,11,15-16H,6-7,14H2,1-4H3. The van der Waals surface area contributed by atoms with Gasteiger partial charge in [0.25, 0.3) is 0 Å². The molecule has 0 radical (unpaired) electrons. The first-order chi connectivity index (χ1) is 9.20. The topological polar surface area (TPSA) is 102 Å². The predicted molar refractivity (Wildman–Crippen MR) is 78.1 cm³/mol. The number of methoxy groups -OCH3 is 1.